The molecule has 1 aliphatic carbocycles. The van der Waals surface area contributed by atoms with Gasteiger partial charge in [-0.3, -0.25) is 0 Å². The van der Waals surface area contributed by atoms with Crippen LogP contribution in [0.15, 0.2) is 16.3 Å². The molecule has 0 saturated carbocycles. The van der Waals surface area contributed by atoms with Gasteiger partial charge in [-0.2, -0.15) is 0 Å². The molecule has 1 rings (SSSR count). The van der Waals surface area contributed by atoms with Crippen molar-refractivity contribution in [2.24, 2.45) is 11.1 Å². The Kier molecular flexibility index (Phi) is 4.18. The minimum Gasteiger partial charge on any atom is -0.411 e. The number of hydrogen-bond donors (Lipinski definition) is 1. The molecule has 1 N–H and O–H groups in total. The summed E-state index contributed by atoms with van der Waals surface area (Å²) in [5, 5.41) is 12.4. The van der Waals surface area contributed by atoms with Gasteiger partial charge in [0, 0.05) is 0 Å². The molecule has 0 saturated heterocycles. The lowest BCUT2D eigenvalue weighted by atomic mass is 9.81. The lowest BCUT2D eigenvalue weighted by Crippen LogP contribution is -2.17. The first-order chi connectivity index (χ1) is 6.72. The summed E-state index contributed by atoms with van der Waals surface area (Å²) in [7, 11) is 0. The molecule has 1 aliphatic rings. The molecule has 0 aliphatic heterocycles. The Balaban J connectivity index is 2.95. The highest BCUT2D eigenvalue weighted by atomic mass is 16.4. The van der Waals surface area contributed by atoms with E-state index in [9.17, 15) is 0 Å². The molecule has 1 unspecified atom stereocenters. The first kappa shape index (κ1) is 11.3. The van der Waals surface area contributed by atoms with Crippen LogP contribution in [0.25, 0.3) is 0 Å². The quantitative estimate of drug-likeness (QED) is 0.540. The van der Waals surface area contributed by atoms with Gasteiger partial charge in [0.05, 0.1) is 5.71 Å². The van der Waals surface area contributed by atoms with E-state index < -0.39 is 0 Å². The fraction of sp³-hybridized carbons (Fsp3) is 0.750. The van der Waals surface area contributed by atoms with Crippen molar-refractivity contribution >= 4 is 5.71 Å². The molecule has 0 fully saturated rings. The van der Waals surface area contributed by atoms with Crippen LogP contribution in [-0.2, 0) is 0 Å². The van der Waals surface area contributed by atoms with Crippen LogP contribution < -0.4 is 0 Å². The summed E-state index contributed by atoms with van der Waals surface area (Å²) >= 11 is 0. The van der Waals surface area contributed by atoms with Gasteiger partial charge in [0.2, 0.25) is 0 Å². The van der Waals surface area contributed by atoms with Gasteiger partial charge in [-0.05, 0) is 37.2 Å². The molecule has 80 valence electrons. The monoisotopic (exact) mass is 195 g/mol. The van der Waals surface area contributed by atoms with Crippen LogP contribution in [0.3, 0.4) is 0 Å². The van der Waals surface area contributed by atoms with Gasteiger partial charge < -0.3 is 5.21 Å². The zero-order chi connectivity index (χ0) is 10.6. The predicted octanol–water partition coefficient (Wildman–Crippen LogP) is 3.75. The Morgan fingerprint density at radius 3 is 2.57 bits per heavy atom. The molecule has 0 amide bonds. The summed E-state index contributed by atoms with van der Waals surface area (Å²) in [6.07, 6.45) is 5.47. The van der Waals surface area contributed by atoms with E-state index in [1.54, 1.807) is 0 Å². The van der Waals surface area contributed by atoms with E-state index >= 15 is 0 Å². The highest BCUT2D eigenvalue weighted by Gasteiger charge is 2.21. The lowest BCUT2D eigenvalue weighted by Gasteiger charge is -2.25. The summed E-state index contributed by atoms with van der Waals surface area (Å²) in [6.45, 7) is 6.58. The SMILES string of the molecule is CCCC1=C(CC)C(=NO)CC(C)C1. The molecule has 0 aromatic rings. The van der Waals surface area contributed by atoms with Crippen LogP contribution in [-0.4, -0.2) is 10.9 Å². The largest absolute Gasteiger partial charge is 0.411 e. The molecule has 0 aromatic heterocycles. The van der Waals surface area contributed by atoms with E-state index in [1.807, 2.05) is 0 Å². The Morgan fingerprint density at radius 1 is 1.36 bits per heavy atom. The Labute approximate surface area is 86.7 Å². The summed E-state index contributed by atoms with van der Waals surface area (Å²) in [4.78, 5) is 0. The minimum absolute atomic E-state index is 0.637. The first-order valence-corrected chi connectivity index (χ1v) is 5.65. The van der Waals surface area contributed by atoms with Crippen molar-refractivity contribution in [1.29, 1.82) is 0 Å². The van der Waals surface area contributed by atoms with Crippen LogP contribution >= 0.6 is 0 Å². The Morgan fingerprint density at radius 2 is 2.07 bits per heavy atom. The first-order valence-electron chi connectivity index (χ1n) is 5.65. The molecule has 14 heavy (non-hydrogen) atoms. The van der Waals surface area contributed by atoms with Crippen LogP contribution in [0.5, 0.6) is 0 Å². The minimum atomic E-state index is 0.637. The number of oxime groups is 1. The standard InChI is InChI=1S/C12H21NO/c1-4-6-10-7-9(3)8-12(13-14)11(10)5-2/h9,14H,4-8H2,1-3H3. The number of hydrogen-bond acceptors (Lipinski definition) is 2. The topological polar surface area (TPSA) is 32.6 Å². The van der Waals surface area contributed by atoms with Crippen molar-refractivity contribution in [2.75, 3.05) is 0 Å². The normalized spacial score (nSPS) is 25.9. The number of rotatable bonds is 3. The zero-order valence-corrected chi connectivity index (χ0v) is 9.51. The van der Waals surface area contributed by atoms with Crippen molar-refractivity contribution < 1.29 is 5.21 Å². The van der Waals surface area contributed by atoms with Crippen LogP contribution in [0.4, 0.5) is 0 Å². The van der Waals surface area contributed by atoms with Gasteiger partial charge in [-0.25, -0.2) is 0 Å². The van der Waals surface area contributed by atoms with Crippen molar-refractivity contribution in [3.63, 3.8) is 0 Å². The summed E-state index contributed by atoms with van der Waals surface area (Å²) in [5.41, 5.74) is 3.75. The van der Waals surface area contributed by atoms with E-state index in [0.29, 0.717) is 5.92 Å². The fourth-order valence-corrected chi connectivity index (χ4v) is 2.38. The Bertz CT molecular complexity index is 253. The van der Waals surface area contributed by atoms with Crippen LogP contribution in [0, 0.1) is 5.92 Å². The van der Waals surface area contributed by atoms with E-state index in [0.717, 1.165) is 25.0 Å². The average Bonchev–Trinajstić information content (AvgIpc) is 2.17. The summed E-state index contributed by atoms with van der Waals surface area (Å²) in [5.74, 6) is 0.637. The molecule has 2 heteroatoms. The van der Waals surface area contributed by atoms with E-state index in [4.69, 9.17) is 5.21 Å². The van der Waals surface area contributed by atoms with Gasteiger partial charge in [0.15, 0.2) is 0 Å². The van der Waals surface area contributed by atoms with Crippen LogP contribution in [0.2, 0.25) is 0 Å². The molecular formula is C12H21NO. The third-order valence-corrected chi connectivity index (χ3v) is 2.94. The maximum atomic E-state index is 8.95. The molecule has 2 nitrogen and oxygen atoms in total. The highest BCUT2D eigenvalue weighted by Crippen LogP contribution is 2.31. The van der Waals surface area contributed by atoms with E-state index in [1.165, 1.54) is 24.0 Å². The third kappa shape index (κ3) is 2.37. The fourth-order valence-electron chi connectivity index (χ4n) is 2.38. The van der Waals surface area contributed by atoms with Gasteiger partial charge in [-0.15, -0.1) is 0 Å². The second-order valence-corrected chi connectivity index (χ2v) is 4.25. The maximum absolute atomic E-state index is 8.95. The molecule has 1 atom stereocenters. The molecule has 0 spiro atoms. The van der Waals surface area contributed by atoms with Gasteiger partial charge in [0.1, 0.15) is 0 Å². The molecule has 0 radical (unpaired) electrons. The smallest absolute Gasteiger partial charge is 0.0829 e. The highest BCUT2D eigenvalue weighted by molar-refractivity contribution is 6.01. The summed E-state index contributed by atoms with van der Waals surface area (Å²) in [6, 6.07) is 0. The van der Waals surface area contributed by atoms with Crippen molar-refractivity contribution in [1.82, 2.24) is 0 Å². The second-order valence-electron chi connectivity index (χ2n) is 4.25. The summed E-state index contributed by atoms with van der Waals surface area (Å²) < 4.78 is 0. The molecule has 0 bridgehead atoms. The number of allylic oxidation sites excluding steroid dienone is 2. The van der Waals surface area contributed by atoms with Crippen molar-refractivity contribution in [3.05, 3.63) is 11.1 Å². The van der Waals surface area contributed by atoms with E-state index in [2.05, 4.69) is 25.9 Å². The zero-order valence-electron chi connectivity index (χ0n) is 9.51. The van der Waals surface area contributed by atoms with E-state index in [-0.39, 0.29) is 0 Å². The van der Waals surface area contributed by atoms with Crippen LogP contribution in [0.1, 0.15) is 52.9 Å². The lowest BCUT2D eigenvalue weighted by molar-refractivity contribution is 0.315. The van der Waals surface area contributed by atoms with Crippen molar-refractivity contribution in [3.8, 4) is 0 Å². The van der Waals surface area contributed by atoms with Crippen molar-refractivity contribution in [2.45, 2.75) is 52.9 Å². The molecule has 0 heterocycles. The maximum Gasteiger partial charge on any atom is 0.0829 e. The predicted molar refractivity (Wildman–Crippen MR) is 59.8 cm³/mol. The van der Waals surface area contributed by atoms with Gasteiger partial charge in [0.25, 0.3) is 0 Å². The van der Waals surface area contributed by atoms with Gasteiger partial charge in [-0.1, -0.05) is 37.9 Å². The average molecular weight is 195 g/mol. The number of nitrogens with zero attached hydrogens (tertiary/aromatic N) is 1. The third-order valence-electron chi connectivity index (χ3n) is 2.94. The second kappa shape index (κ2) is 5.18. The molecule has 0 aromatic carbocycles. The van der Waals surface area contributed by atoms with Gasteiger partial charge >= 0.3 is 0 Å². The molecular weight excluding hydrogens is 174 g/mol. The Hall–Kier alpha value is -0.790.